The Labute approximate surface area is 107 Å². The summed E-state index contributed by atoms with van der Waals surface area (Å²) < 4.78 is 1.85. The van der Waals surface area contributed by atoms with Crippen molar-refractivity contribution < 1.29 is 9.90 Å². The number of carboxylic acid groups (broad SMARTS) is 1. The van der Waals surface area contributed by atoms with Gasteiger partial charge in [0.05, 0.1) is 0 Å². The Morgan fingerprint density at radius 1 is 1.50 bits per heavy atom. The molecule has 2 heterocycles. The monoisotopic (exact) mass is 251 g/mol. The lowest BCUT2D eigenvalue weighted by Crippen LogP contribution is -2.41. The lowest BCUT2D eigenvalue weighted by molar-refractivity contribution is -0.143. The van der Waals surface area contributed by atoms with Crippen molar-refractivity contribution in [2.45, 2.75) is 38.1 Å². The largest absolute Gasteiger partial charge is 0.480 e. The van der Waals surface area contributed by atoms with Gasteiger partial charge in [-0.25, -0.2) is 0 Å². The van der Waals surface area contributed by atoms with E-state index in [0.717, 1.165) is 50.9 Å². The fourth-order valence-corrected chi connectivity index (χ4v) is 2.62. The van der Waals surface area contributed by atoms with E-state index in [0.29, 0.717) is 0 Å². The number of carboxylic acids is 1. The van der Waals surface area contributed by atoms with E-state index in [4.69, 9.17) is 0 Å². The normalized spacial score (nSPS) is 21.7. The molecule has 100 valence electrons. The predicted molar refractivity (Wildman–Crippen MR) is 68.4 cm³/mol. The minimum absolute atomic E-state index is 0.305. The quantitative estimate of drug-likeness (QED) is 0.876. The topological polar surface area (TPSA) is 58.4 Å². The van der Waals surface area contributed by atoms with E-state index in [2.05, 4.69) is 10.00 Å². The number of hydrogen-bond acceptors (Lipinski definition) is 3. The maximum atomic E-state index is 11.3. The second-order valence-electron chi connectivity index (χ2n) is 4.94. The third-order valence-electron chi connectivity index (χ3n) is 3.73. The first kappa shape index (κ1) is 13.1. The molecule has 0 bridgehead atoms. The predicted octanol–water partition coefficient (Wildman–Crippen LogP) is 1.29. The summed E-state index contributed by atoms with van der Waals surface area (Å²) in [5, 5.41) is 13.4. The highest BCUT2D eigenvalue weighted by atomic mass is 16.4. The molecule has 0 spiro atoms. The number of likely N-dealkylation sites (tertiary alicyclic amines) is 1. The molecule has 5 heteroatoms. The van der Waals surface area contributed by atoms with Crippen molar-refractivity contribution in [1.29, 1.82) is 0 Å². The average molecular weight is 251 g/mol. The number of nitrogens with zero attached hydrogens (tertiary/aromatic N) is 3. The standard InChI is InChI=1S/C13H21N3O2/c1-15-11(6-8-14-15)7-10-16-9-4-2-3-5-12(16)13(17)18/h6,8,12H,2-5,7,9-10H2,1H3,(H,17,18). The molecule has 1 aliphatic heterocycles. The summed E-state index contributed by atoms with van der Waals surface area (Å²) in [6, 6.07) is 1.69. The Morgan fingerprint density at radius 3 is 3.00 bits per heavy atom. The van der Waals surface area contributed by atoms with Crippen LogP contribution in [0.3, 0.4) is 0 Å². The Hall–Kier alpha value is -1.36. The van der Waals surface area contributed by atoms with E-state index < -0.39 is 5.97 Å². The molecule has 1 N–H and O–H groups in total. The molecule has 1 aliphatic rings. The molecule has 1 saturated heterocycles. The summed E-state index contributed by atoms with van der Waals surface area (Å²) in [5.41, 5.74) is 1.16. The number of rotatable bonds is 4. The molecule has 1 unspecified atom stereocenters. The summed E-state index contributed by atoms with van der Waals surface area (Å²) in [4.78, 5) is 13.4. The molecule has 5 nitrogen and oxygen atoms in total. The third kappa shape index (κ3) is 3.10. The lowest BCUT2D eigenvalue weighted by atomic mass is 10.1. The summed E-state index contributed by atoms with van der Waals surface area (Å²) in [7, 11) is 1.92. The Kier molecular flexibility index (Phi) is 4.36. The summed E-state index contributed by atoms with van der Waals surface area (Å²) in [5.74, 6) is -0.679. The number of aliphatic carboxylic acids is 1. The molecule has 0 amide bonds. The molecule has 1 fully saturated rings. The Balaban J connectivity index is 1.96. The summed E-state index contributed by atoms with van der Waals surface area (Å²) in [6.45, 7) is 1.70. The highest BCUT2D eigenvalue weighted by molar-refractivity contribution is 5.73. The van der Waals surface area contributed by atoms with E-state index >= 15 is 0 Å². The molecule has 0 aromatic carbocycles. The minimum atomic E-state index is -0.679. The van der Waals surface area contributed by atoms with Gasteiger partial charge in [-0.05, 0) is 25.5 Å². The molecule has 0 aliphatic carbocycles. The van der Waals surface area contributed by atoms with E-state index in [9.17, 15) is 9.90 Å². The average Bonchev–Trinajstić information content (AvgIpc) is 2.62. The second kappa shape index (κ2) is 6.00. The van der Waals surface area contributed by atoms with Crippen molar-refractivity contribution in [2.75, 3.05) is 13.1 Å². The fourth-order valence-electron chi connectivity index (χ4n) is 2.62. The first-order valence-corrected chi connectivity index (χ1v) is 6.62. The van der Waals surface area contributed by atoms with Crippen LogP contribution >= 0.6 is 0 Å². The Morgan fingerprint density at radius 2 is 2.33 bits per heavy atom. The van der Waals surface area contributed by atoms with Gasteiger partial charge in [0.2, 0.25) is 0 Å². The summed E-state index contributed by atoms with van der Waals surface area (Å²) >= 11 is 0. The first-order valence-electron chi connectivity index (χ1n) is 6.62. The van der Waals surface area contributed by atoms with Crippen LogP contribution in [-0.2, 0) is 18.3 Å². The summed E-state index contributed by atoms with van der Waals surface area (Å²) in [6.07, 6.45) is 6.70. The van der Waals surface area contributed by atoms with Crippen molar-refractivity contribution in [3.63, 3.8) is 0 Å². The van der Waals surface area contributed by atoms with Gasteiger partial charge >= 0.3 is 5.97 Å². The van der Waals surface area contributed by atoms with Gasteiger partial charge in [-0.15, -0.1) is 0 Å². The van der Waals surface area contributed by atoms with Crippen molar-refractivity contribution in [1.82, 2.24) is 14.7 Å². The Bertz CT molecular complexity index is 403. The zero-order chi connectivity index (χ0) is 13.0. The van der Waals surface area contributed by atoms with Crippen molar-refractivity contribution in [2.24, 2.45) is 7.05 Å². The molecule has 2 rings (SSSR count). The number of aromatic nitrogens is 2. The molecule has 1 atom stereocenters. The lowest BCUT2D eigenvalue weighted by Gasteiger charge is -2.26. The number of carbonyl (C=O) groups is 1. The van der Waals surface area contributed by atoms with Gasteiger partial charge in [-0.3, -0.25) is 14.4 Å². The van der Waals surface area contributed by atoms with Crippen LogP contribution in [-0.4, -0.2) is 44.9 Å². The van der Waals surface area contributed by atoms with Gasteiger partial charge in [-0.1, -0.05) is 12.8 Å². The fraction of sp³-hybridized carbons (Fsp3) is 0.692. The molecule has 1 aromatic heterocycles. The molecule has 18 heavy (non-hydrogen) atoms. The van der Waals surface area contributed by atoms with Crippen LogP contribution in [0.1, 0.15) is 31.4 Å². The van der Waals surface area contributed by atoms with Gasteiger partial charge in [0.1, 0.15) is 6.04 Å². The van der Waals surface area contributed by atoms with E-state index in [1.807, 2.05) is 17.8 Å². The van der Waals surface area contributed by atoms with Crippen molar-refractivity contribution >= 4 is 5.97 Å². The highest BCUT2D eigenvalue weighted by Crippen LogP contribution is 2.17. The van der Waals surface area contributed by atoms with E-state index in [-0.39, 0.29) is 6.04 Å². The molecular formula is C13H21N3O2. The maximum Gasteiger partial charge on any atom is 0.320 e. The molecule has 1 aromatic rings. The highest BCUT2D eigenvalue weighted by Gasteiger charge is 2.26. The molecule has 0 radical (unpaired) electrons. The first-order chi connectivity index (χ1) is 8.68. The minimum Gasteiger partial charge on any atom is -0.480 e. The zero-order valence-electron chi connectivity index (χ0n) is 10.9. The van der Waals surface area contributed by atoms with Crippen LogP contribution in [0.2, 0.25) is 0 Å². The SMILES string of the molecule is Cn1nccc1CCN1CCCCCC1C(=O)O. The van der Waals surface area contributed by atoms with Gasteiger partial charge < -0.3 is 5.11 Å². The van der Waals surface area contributed by atoms with Gasteiger partial charge in [0, 0.05) is 31.9 Å². The van der Waals surface area contributed by atoms with Gasteiger partial charge in [0.15, 0.2) is 0 Å². The van der Waals surface area contributed by atoms with Crippen molar-refractivity contribution in [3.05, 3.63) is 18.0 Å². The van der Waals surface area contributed by atoms with Crippen LogP contribution in [0.5, 0.6) is 0 Å². The van der Waals surface area contributed by atoms with Gasteiger partial charge in [-0.2, -0.15) is 5.10 Å². The van der Waals surface area contributed by atoms with Crippen LogP contribution in [0, 0.1) is 0 Å². The van der Waals surface area contributed by atoms with E-state index in [1.54, 1.807) is 6.20 Å². The third-order valence-corrected chi connectivity index (χ3v) is 3.73. The second-order valence-corrected chi connectivity index (χ2v) is 4.94. The van der Waals surface area contributed by atoms with Gasteiger partial charge in [0.25, 0.3) is 0 Å². The number of aryl methyl sites for hydroxylation is 1. The molecule has 0 saturated carbocycles. The smallest absolute Gasteiger partial charge is 0.320 e. The zero-order valence-corrected chi connectivity index (χ0v) is 10.9. The molecular weight excluding hydrogens is 230 g/mol. The van der Waals surface area contributed by atoms with Crippen LogP contribution in [0.4, 0.5) is 0 Å². The van der Waals surface area contributed by atoms with E-state index in [1.165, 1.54) is 0 Å². The maximum absolute atomic E-state index is 11.3. The van der Waals surface area contributed by atoms with Crippen LogP contribution < -0.4 is 0 Å². The number of hydrogen-bond donors (Lipinski definition) is 1. The van der Waals surface area contributed by atoms with Crippen molar-refractivity contribution in [3.8, 4) is 0 Å². The van der Waals surface area contributed by atoms with Crippen LogP contribution in [0.25, 0.3) is 0 Å². The van der Waals surface area contributed by atoms with Crippen LogP contribution in [0.15, 0.2) is 12.3 Å².